The molecule has 174 valence electrons. The van der Waals surface area contributed by atoms with E-state index >= 15 is 0 Å². The number of hydrogen-bond donors (Lipinski definition) is 1. The van der Waals surface area contributed by atoms with Gasteiger partial charge in [-0.1, -0.05) is 30.3 Å². The van der Waals surface area contributed by atoms with E-state index in [1.54, 1.807) is 60.2 Å². The second-order valence-corrected chi connectivity index (χ2v) is 7.73. The van der Waals surface area contributed by atoms with Gasteiger partial charge in [-0.05, 0) is 50.1 Å². The number of nitrogens with one attached hydrogen (secondary N) is 1. The SMILES string of the molecule is COc1ccc(NC(=O)C(OC(=O)CCc2c(C)nc3ncnn3c2C)c2ccccc2)cc1. The van der Waals surface area contributed by atoms with Crippen LogP contribution in [0.1, 0.15) is 35.0 Å². The fourth-order valence-corrected chi connectivity index (χ4v) is 3.72. The summed E-state index contributed by atoms with van der Waals surface area (Å²) in [5.41, 5.74) is 3.70. The summed E-state index contributed by atoms with van der Waals surface area (Å²) in [6, 6.07) is 15.9. The van der Waals surface area contributed by atoms with Crippen molar-refractivity contribution in [3.63, 3.8) is 0 Å². The molecule has 1 N–H and O–H groups in total. The highest BCUT2D eigenvalue weighted by Gasteiger charge is 2.25. The Morgan fingerprint density at radius 3 is 2.50 bits per heavy atom. The van der Waals surface area contributed by atoms with Gasteiger partial charge in [0.2, 0.25) is 6.10 Å². The number of aromatic nitrogens is 4. The Morgan fingerprint density at radius 2 is 1.79 bits per heavy atom. The van der Waals surface area contributed by atoms with Crippen molar-refractivity contribution in [3.8, 4) is 5.75 Å². The largest absolute Gasteiger partial charge is 0.497 e. The molecule has 4 rings (SSSR count). The van der Waals surface area contributed by atoms with Crippen molar-refractivity contribution < 1.29 is 19.1 Å². The lowest BCUT2D eigenvalue weighted by atomic mass is 10.1. The molecule has 2 aromatic carbocycles. The van der Waals surface area contributed by atoms with Gasteiger partial charge in [0.1, 0.15) is 12.1 Å². The third-order valence-electron chi connectivity index (χ3n) is 5.52. The first-order valence-corrected chi connectivity index (χ1v) is 10.8. The van der Waals surface area contributed by atoms with E-state index in [2.05, 4.69) is 20.4 Å². The Morgan fingerprint density at radius 1 is 1.06 bits per heavy atom. The summed E-state index contributed by atoms with van der Waals surface area (Å²) < 4.78 is 12.4. The number of rotatable bonds is 8. The fourth-order valence-electron chi connectivity index (χ4n) is 3.72. The number of benzene rings is 2. The van der Waals surface area contributed by atoms with Crippen LogP contribution in [0.25, 0.3) is 5.78 Å². The molecule has 9 nitrogen and oxygen atoms in total. The van der Waals surface area contributed by atoms with Crippen LogP contribution in [0.4, 0.5) is 5.69 Å². The Bertz CT molecular complexity index is 1300. The number of nitrogens with zero attached hydrogens (tertiary/aromatic N) is 4. The molecule has 1 unspecified atom stereocenters. The zero-order chi connectivity index (χ0) is 24.1. The molecule has 0 saturated carbocycles. The summed E-state index contributed by atoms with van der Waals surface area (Å²) in [5.74, 6) is 0.257. The van der Waals surface area contributed by atoms with Crippen LogP contribution in [-0.2, 0) is 20.7 Å². The van der Waals surface area contributed by atoms with Gasteiger partial charge in [0.15, 0.2) is 0 Å². The van der Waals surface area contributed by atoms with Crippen LogP contribution >= 0.6 is 0 Å². The monoisotopic (exact) mass is 459 g/mol. The summed E-state index contributed by atoms with van der Waals surface area (Å²) in [7, 11) is 1.57. The van der Waals surface area contributed by atoms with Crippen LogP contribution in [0.2, 0.25) is 0 Å². The molecule has 1 amide bonds. The number of esters is 1. The van der Waals surface area contributed by atoms with Gasteiger partial charge in [-0.2, -0.15) is 10.1 Å². The molecule has 0 saturated heterocycles. The topological polar surface area (TPSA) is 108 Å². The number of carbonyl (C=O) groups excluding carboxylic acids is 2. The molecule has 0 aliphatic heterocycles. The molecule has 1 atom stereocenters. The molecule has 0 bridgehead atoms. The minimum Gasteiger partial charge on any atom is -0.497 e. The van der Waals surface area contributed by atoms with E-state index in [-0.39, 0.29) is 6.42 Å². The molecule has 0 aliphatic rings. The van der Waals surface area contributed by atoms with Gasteiger partial charge in [-0.3, -0.25) is 9.59 Å². The quantitative estimate of drug-likeness (QED) is 0.401. The number of aryl methyl sites for hydroxylation is 2. The second-order valence-electron chi connectivity index (χ2n) is 7.73. The van der Waals surface area contributed by atoms with E-state index in [1.165, 1.54) is 6.33 Å². The van der Waals surface area contributed by atoms with Gasteiger partial charge in [0.25, 0.3) is 11.7 Å². The summed E-state index contributed by atoms with van der Waals surface area (Å²) in [6.07, 6.45) is 0.844. The van der Waals surface area contributed by atoms with Crippen LogP contribution in [0.5, 0.6) is 5.75 Å². The van der Waals surface area contributed by atoms with Crippen LogP contribution in [0, 0.1) is 13.8 Å². The Labute approximate surface area is 196 Å². The van der Waals surface area contributed by atoms with E-state index in [0.29, 0.717) is 29.2 Å². The summed E-state index contributed by atoms with van der Waals surface area (Å²) in [5, 5.41) is 6.98. The van der Waals surface area contributed by atoms with Crippen molar-refractivity contribution in [3.05, 3.63) is 83.4 Å². The second kappa shape index (κ2) is 10.1. The smallest absolute Gasteiger partial charge is 0.307 e. The van der Waals surface area contributed by atoms with E-state index in [1.807, 2.05) is 19.9 Å². The van der Waals surface area contributed by atoms with Crippen molar-refractivity contribution in [2.45, 2.75) is 32.8 Å². The number of amides is 1. The third kappa shape index (κ3) is 5.03. The molecule has 4 aromatic rings. The van der Waals surface area contributed by atoms with Gasteiger partial charge in [0.05, 0.1) is 7.11 Å². The van der Waals surface area contributed by atoms with Crippen LogP contribution < -0.4 is 10.1 Å². The number of carbonyl (C=O) groups is 2. The van der Waals surface area contributed by atoms with Crippen molar-refractivity contribution in [1.29, 1.82) is 0 Å². The predicted molar refractivity (Wildman–Crippen MR) is 125 cm³/mol. The fraction of sp³-hybridized carbons (Fsp3) is 0.240. The molecule has 0 fully saturated rings. The molecule has 0 radical (unpaired) electrons. The Balaban J connectivity index is 1.48. The van der Waals surface area contributed by atoms with E-state index in [9.17, 15) is 9.59 Å². The van der Waals surface area contributed by atoms with E-state index < -0.39 is 18.0 Å². The lowest BCUT2D eigenvalue weighted by molar-refractivity contribution is -0.154. The average Bonchev–Trinajstić information content (AvgIpc) is 3.32. The Kier molecular flexibility index (Phi) is 6.82. The molecule has 2 heterocycles. The van der Waals surface area contributed by atoms with Gasteiger partial charge in [0, 0.05) is 29.1 Å². The number of anilines is 1. The highest BCUT2D eigenvalue weighted by atomic mass is 16.5. The minimum atomic E-state index is -1.09. The molecule has 9 heteroatoms. The highest BCUT2D eigenvalue weighted by molar-refractivity contribution is 5.96. The number of methoxy groups -OCH3 is 1. The normalized spacial score (nSPS) is 11.7. The molecular formula is C25H25N5O4. The van der Waals surface area contributed by atoms with Crippen molar-refractivity contribution >= 4 is 23.3 Å². The maximum Gasteiger partial charge on any atom is 0.307 e. The summed E-state index contributed by atoms with van der Waals surface area (Å²) >= 11 is 0. The van der Waals surface area contributed by atoms with Crippen LogP contribution in [-0.4, -0.2) is 38.6 Å². The maximum atomic E-state index is 13.1. The molecule has 0 aliphatic carbocycles. The lowest BCUT2D eigenvalue weighted by Gasteiger charge is -2.18. The van der Waals surface area contributed by atoms with Crippen LogP contribution in [0.3, 0.4) is 0 Å². The van der Waals surface area contributed by atoms with Crippen molar-refractivity contribution in [2.24, 2.45) is 0 Å². The summed E-state index contributed by atoms with van der Waals surface area (Å²) in [6.45, 7) is 3.78. The molecule has 2 aromatic heterocycles. The zero-order valence-electron chi connectivity index (χ0n) is 19.2. The van der Waals surface area contributed by atoms with Gasteiger partial charge >= 0.3 is 5.97 Å². The van der Waals surface area contributed by atoms with Crippen LogP contribution in [0.15, 0.2) is 60.9 Å². The Hall–Kier alpha value is -4.27. The molecule has 0 spiro atoms. The average molecular weight is 460 g/mol. The number of ether oxygens (including phenoxy) is 2. The van der Waals surface area contributed by atoms with Gasteiger partial charge < -0.3 is 14.8 Å². The predicted octanol–water partition coefficient (Wildman–Crippen LogP) is 3.61. The molecule has 34 heavy (non-hydrogen) atoms. The minimum absolute atomic E-state index is 0.0860. The number of fused-ring (bicyclic) bond motifs is 1. The standard InChI is InChI=1S/C25H25N5O4/c1-16-21(17(2)30-25(28-16)26-15-27-30)13-14-22(31)34-23(18-7-5-4-6-8-18)24(32)29-19-9-11-20(33-3)12-10-19/h4-12,15,23H,13-14H2,1-3H3,(H,29,32). The van der Waals surface area contributed by atoms with E-state index in [4.69, 9.17) is 9.47 Å². The first kappa shape index (κ1) is 22.9. The van der Waals surface area contributed by atoms with Gasteiger partial charge in [-0.25, -0.2) is 9.50 Å². The first-order chi connectivity index (χ1) is 16.5. The zero-order valence-corrected chi connectivity index (χ0v) is 19.2. The van der Waals surface area contributed by atoms with E-state index in [0.717, 1.165) is 17.0 Å². The maximum absolute atomic E-state index is 13.1. The van der Waals surface area contributed by atoms with Crippen molar-refractivity contribution in [1.82, 2.24) is 19.6 Å². The first-order valence-electron chi connectivity index (χ1n) is 10.8. The molecular weight excluding hydrogens is 434 g/mol. The number of hydrogen-bond acceptors (Lipinski definition) is 7. The van der Waals surface area contributed by atoms with Gasteiger partial charge in [-0.15, -0.1) is 0 Å². The third-order valence-corrected chi connectivity index (χ3v) is 5.52. The summed E-state index contributed by atoms with van der Waals surface area (Å²) in [4.78, 5) is 34.4. The van der Waals surface area contributed by atoms with Crippen molar-refractivity contribution in [2.75, 3.05) is 12.4 Å². The highest BCUT2D eigenvalue weighted by Crippen LogP contribution is 2.23. The lowest BCUT2D eigenvalue weighted by Crippen LogP contribution is -2.26.